The van der Waals surface area contributed by atoms with Gasteiger partial charge in [-0.05, 0) is 63.6 Å². The Morgan fingerprint density at radius 1 is 1.18 bits per heavy atom. The standard InChI is InChI=1S/C28H28ClF2N5O3/c1-28(2,38)21-9-10-35(34-21)26-23(31)25-16(13-33-26)5-3-4-6-18-12-20(22(29)27(37)36(18)25)39-19-8-7-15-11-17(30)14-32-24(15)19/h9-12,14,16,19,38H,3-8,13H2,1-2H3/t16-,19?/m0/s1. The first kappa shape index (κ1) is 25.9. The van der Waals surface area contributed by atoms with Gasteiger partial charge in [-0.3, -0.25) is 19.3 Å². The highest BCUT2D eigenvalue weighted by Crippen LogP contribution is 2.39. The zero-order valence-corrected chi connectivity index (χ0v) is 22.4. The molecule has 3 aliphatic rings. The van der Waals surface area contributed by atoms with E-state index in [1.54, 1.807) is 32.2 Å². The Morgan fingerprint density at radius 2 is 2.00 bits per heavy atom. The summed E-state index contributed by atoms with van der Waals surface area (Å²) in [6, 6.07) is 4.76. The molecule has 3 aromatic rings. The number of nitrogens with zero attached hydrogens (tertiary/aromatic N) is 5. The lowest BCUT2D eigenvalue weighted by Gasteiger charge is -2.30. The quantitative estimate of drug-likeness (QED) is 0.492. The molecular weight excluding hydrogens is 528 g/mol. The predicted molar refractivity (Wildman–Crippen MR) is 142 cm³/mol. The molecule has 0 fully saturated rings. The number of aromatic nitrogens is 4. The molecule has 0 aromatic carbocycles. The average molecular weight is 556 g/mol. The smallest absolute Gasteiger partial charge is 0.277 e. The number of aliphatic imine (C=N–C) groups is 1. The van der Waals surface area contributed by atoms with E-state index < -0.39 is 28.9 Å². The van der Waals surface area contributed by atoms with Crippen molar-refractivity contribution in [2.45, 2.75) is 64.1 Å². The lowest BCUT2D eigenvalue weighted by atomic mass is 9.92. The number of allylic oxidation sites excluding steroid dienone is 1. The maximum absolute atomic E-state index is 16.3. The van der Waals surface area contributed by atoms with Crippen LogP contribution in [-0.4, -0.2) is 36.8 Å². The Labute approximate surface area is 228 Å². The van der Waals surface area contributed by atoms with Crippen molar-refractivity contribution in [3.8, 4) is 5.75 Å². The summed E-state index contributed by atoms with van der Waals surface area (Å²) in [4.78, 5) is 22.4. The lowest BCUT2D eigenvalue weighted by molar-refractivity contribution is 0.0735. The van der Waals surface area contributed by atoms with Crippen LogP contribution in [0.3, 0.4) is 0 Å². The second-order valence-electron chi connectivity index (χ2n) is 10.8. The molecule has 0 radical (unpaired) electrons. The first-order chi connectivity index (χ1) is 18.6. The number of rotatable bonds is 3. The Hall–Kier alpha value is -3.37. The van der Waals surface area contributed by atoms with Crippen molar-refractivity contribution in [1.82, 2.24) is 19.3 Å². The van der Waals surface area contributed by atoms with Crippen LogP contribution in [0, 0.1) is 11.7 Å². The van der Waals surface area contributed by atoms with Gasteiger partial charge in [0.05, 0.1) is 23.3 Å². The van der Waals surface area contributed by atoms with Gasteiger partial charge in [-0.15, -0.1) is 0 Å². The molecule has 5 heterocycles. The summed E-state index contributed by atoms with van der Waals surface area (Å²) in [5.41, 5.74) is 0.820. The molecule has 0 bridgehead atoms. The third kappa shape index (κ3) is 4.59. The lowest BCUT2D eigenvalue weighted by Crippen LogP contribution is -2.34. The average Bonchev–Trinajstić information content (AvgIpc) is 3.52. The van der Waals surface area contributed by atoms with Crippen molar-refractivity contribution in [2.24, 2.45) is 10.9 Å². The molecule has 39 heavy (non-hydrogen) atoms. The minimum atomic E-state index is -1.20. The molecule has 0 saturated heterocycles. The number of dihydropyridines is 1. The summed E-state index contributed by atoms with van der Waals surface area (Å²) in [5, 5.41) is 14.5. The highest BCUT2D eigenvalue weighted by Gasteiger charge is 2.34. The number of halogens is 3. The molecule has 1 unspecified atom stereocenters. The van der Waals surface area contributed by atoms with Crippen LogP contribution in [0.25, 0.3) is 5.70 Å². The van der Waals surface area contributed by atoms with E-state index in [-0.39, 0.29) is 28.2 Å². The van der Waals surface area contributed by atoms with Gasteiger partial charge in [0, 0.05) is 30.4 Å². The van der Waals surface area contributed by atoms with Crippen molar-refractivity contribution < 1.29 is 18.6 Å². The van der Waals surface area contributed by atoms with E-state index in [1.807, 2.05) is 0 Å². The molecule has 0 amide bonds. The molecule has 1 N–H and O–H groups in total. The van der Waals surface area contributed by atoms with Crippen molar-refractivity contribution in [3.05, 3.63) is 80.3 Å². The number of hydrogen-bond donors (Lipinski definition) is 1. The van der Waals surface area contributed by atoms with E-state index in [0.29, 0.717) is 49.3 Å². The van der Waals surface area contributed by atoms with Crippen LogP contribution in [0.1, 0.15) is 68.3 Å². The van der Waals surface area contributed by atoms with Crippen molar-refractivity contribution >= 4 is 23.1 Å². The van der Waals surface area contributed by atoms with Gasteiger partial charge in [0.2, 0.25) is 0 Å². The number of fused-ring (bicyclic) bond motifs is 4. The molecule has 2 atom stereocenters. The zero-order chi connectivity index (χ0) is 27.5. The third-order valence-corrected chi connectivity index (χ3v) is 7.94. The van der Waals surface area contributed by atoms with Gasteiger partial charge >= 0.3 is 0 Å². The molecule has 8 nitrogen and oxygen atoms in total. The summed E-state index contributed by atoms with van der Waals surface area (Å²) < 4.78 is 38.7. The zero-order valence-electron chi connectivity index (χ0n) is 21.6. The molecule has 0 saturated carbocycles. The molecular formula is C28H28ClF2N5O3. The van der Waals surface area contributed by atoms with E-state index in [4.69, 9.17) is 16.3 Å². The number of pyridine rings is 2. The predicted octanol–water partition coefficient (Wildman–Crippen LogP) is 4.97. The number of aryl methyl sites for hydroxylation is 2. The SMILES string of the molecule is CC(C)(O)c1ccn(C2=NC[C@@H]3CCCCc4cc(OC5CCc6cc(F)cnc65)c(Cl)c(=O)n4C3=C2F)n1. The minimum absolute atomic E-state index is 0.0208. The van der Waals surface area contributed by atoms with Gasteiger partial charge in [-0.1, -0.05) is 18.0 Å². The Morgan fingerprint density at radius 3 is 2.77 bits per heavy atom. The fourth-order valence-corrected chi connectivity index (χ4v) is 5.80. The number of hydrogen-bond acceptors (Lipinski definition) is 6. The van der Waals surface area contributed by atoms with Crippen LogP contribution in [0.15, 0.2) is 46.2 Å². The van der Waals surface area contributed by atoms with Crippen LogP contribution < -0.4 is 10.3 Å². The molecule has 2 aliphatic heterocycles. The first-order valence-corrected chi connectivity index (χ1v) is 13.5. The molecule has 3 aromatic heterocycles. The van der Waals surface area contributed by atoms with Crippen LogP contribution >= 0.6 is 11.6 Å². The van der Waals surface area contributed by atoms with E-state index in [1.165, 1.54) is 15.3 Å². The Balaban J connectivity index is 1.42. The van der Waals surface area contributed by atoms with E-state index in [9.17, 15) is 14.3 Å². The second-order valence-corrected chi connectivity index (χ2v) is 11.2. The molecule has 0 spiro atoms. The summed E-state index contributed by atoms with van der Waals surface area (Å²) >= 11 is 6.58. The van der Waals surface area contributed by atoms with Crippen LogP contribution in [-0.2, 0) is 18.4 Å². The fraction of sp³-hybridized carbons (Fsp3) is 0.429. The van der Waals surface area contributed by atoms with Crippen LogP contribution in [0.5, 0.6) is 5.75 Å². The van der Waals surface area contributed by atoms with E-state index >= 15 is 4.39 Å². The first-order valence-electron chi connectivity index (χ1n) is 13.1. The topological polar surface area (TPSA) is 94.5 Å². The monoisotopic (exact) mass is 555 g/mol. The molecule has 1 aliphatic carbocycles. The Kier molecular flexibility index (Phi) is 6.42. The van der Waals surface area contributed by atoms with Gasteiger partial charge in [-0.2, -0.15) is 5.10 Å². The van der Waals surface area contributed by atoms with Gasteiger partial charge < -0.3 is 9.84 Å². The fourth-order valence-electron chi connectivity index (χ4n) is 5.61. The van der Waals surface area contributed by atoms with Crippen molar-refractivity contribution in [2.75, 3.05) is 6.54 Å². The largest absolute Gasteiger partial charge is 0.482 e. The molecule has 204 valence electrons. The molecule has 11 heteroatoms. The summed E-state index contributed by atoms with van der Waals surface area (Å²) in [6.45, 7) is 3.48. The summed E-state index contributed by atoms with van der Waals surface area (Å²) in [7, 11) is 0. The van der Waals surface area contributed by atoms with Crippen molar-refractivity contribution in [3.63, 3.8) is 0 Å². The highest BCUT2D eigenvalue weighted by molar-refractivity contribution is 6.31. The van der Waals surface area contributed by atoms with Crippen LogP contribution in [0.2, 0.25) is 5.02 Å². The second kappa shape index (κ2) is 9.67. The van der Waals surface area contributed by atoms with Gasteiger partial charge in [-0.25, -0.2) is 13.5 Å². The van der Waals surface area contributed by atoms with Gasteiger partial charge in [0.15, 0.2) is 11.7 Å². The van der Waals surface area contributed by atoms with Crippen LogP contribution in [0.4, 0.5) is 8.78 Å². The van der Waals surface area contributed by atoms with E-state index in [0.717, 1.165) is 24.6 Å². The van der Waals surface area contributed by atoms with Gasteiger partial charge in [0.25, 0.3) is 5.56 Å². The minimum Gasteiger partial charge on any atom is -0.482 e. The summed E-state index contributed by atoms with van der Waals surface area (Å²) in [5.74, 6) is -1.17. The third-order valence-electron chi connectivity index (χ3n) is 7.59. The van der Waals surface area contributed by atoms with Crippen molar-refractivity contribution in [1.29, 1.82) is 0 Å². The van der Waals surface area contributed by atoms with Gasteiger partial charge in [0.1, 0.15) is 28.3 Å². The van der Waals surface area contributed by atoms with E-state index in [2.05, 4.69) is 15.1 Å². The number of ether oxygens (including phenoxy) is 1. The highest BCUT2D eigenvalue weighted by atomic mass is 35.5. The number of aliphatic hydroxyl groups is 1. The normalized spacial score (nSPS) is 21.0. The molecule has 6 rings (SSSR count). The summed E-state index contributed by atoms with van der Waals surface area (Å²) in [6.07, 6.45) is 6.29. The maximum Gasteiger partial charge on any atom is 0.277 e. The maximum atomic E-state index is 16.3. The Bertz CT molecular complexity index is 1590.